The van der Waals surface area contributed by atoms with Crippen LogP contribution in [0.3, 0.4) is 0 Å². The van der Waals surface area contributed by atoms with Crippen LogP contribution in [0.2, 0.25) is 5.02 Å². The summed E-state index contributed by atoms with van der Waals surface area (Å²) in [5.41, 5.74) is 7.84. The van der Waals surface area contributed by atoms with Crippen molar-refractivity contribution in [3.8, 4) is 5.75 Å². The maximum absolute atomic E-state index is 6.19. The molecule has 1 unspecified atom stereocenters. The molecule has 0 bridgehead atoms. The number of para-hydroxylation sites is 1. The van der Waals surface area contributed by atoms with Crippen LogP contribution in [0.5, 0.6) is 5.75 Å². The van der Waals surface area contributed by atoms with Crippen molar-refractivity contribution in [2.45, 2.75) is 25.5 Å². The molecule has 0 radical (unpaired) electrons. The summed E-state index contributed by atoms with van der Waals surface area (Å²) in [5.74, 6) is 1.16. The SMILES string of the molecule is COc1c(Cl)cccc1Nc1nc(N)nc2c1ncn2C1CCCCO1. The molecule has 9 heteroatoms. The molecule has 1 aliphatic rings. The number of hydrogen-bond donors (Lipinski definition) is 2. The van der Waals surface area contributed by atoms with Crippen molar-refractivity contribution < 1.29 is 9.47 Å². The first-order valence-corrected chi connectivity index (χ1v) is 8.76. The number of nitrogens with two attached hydrogens (primary N) is 1. The van der Waals surface area contributed by atoms with Crippen molar-refractivity contribution in [3.63, 3.8) is 0 Å². The second-order valence-corrected chi connectivity index (χ2v) is 6.43. The molecule has 26 heavy (non-hydrogen) atoms. The largest absolute Gasteiger partial charge is 0.493 e. The zero-order valence-electron chi connectivity index (χ0n) is 14.3. The van der Waals surface area contributed by atoms with Crippen LogP contribution in [-0.4, -0.2) is 33.2 Å². The van der Waals surface area contributed by atoms with Gasteiger partial charge in [0.15, 0.2) is 22.7 Å². The lowest BCUT2D eigenvalue weighted by Crippen LogP contribution is -2.18. The summed E-state index contributed by atoms with van der Waals surface area (Å²) < 4.78 is 13.1. The van der Waals surface area contributed by atoms with E-state index in [2.05, 4.69) is 20.3 Å². The minimum Gasteiger partial charge on any atom is -0.493 e. The van der Waals surface area contributed by atoms with Gasteiger partial charge in [0.05, 0.1) is 24.1 Å². The molecule has 8 nitrogen and oxygen atoms in total. The number of anilines is 3. The first-order valence-electron chi connectivity index (χ1n) is 8.38. The summed E-state index contributed by atoms with van der Waals surface area (Å²) in [6.07, 6.45) is 4.73. The Morgan fingerprint density at radius 3 is 3.00 bits per heavy atom. The molecule has 3 aromatic rings. The molecule has 1 atom stereocenters. The van der Waals surface area contributed by atoms with E-state index < -0.39 is 0 Å². The number of aromatic nitrogens is 4. The first kappa shape index (κ1) is 16.9. The normalized spacial score (nSPS) is 17.4. The Balaban J connectivity index is 1.76. The van der Waals surface area contributed by atoms with Gasteiger partial charge in [0.2, 0.25) is 5.95 Å². The van der Waals surface area contributed by atoms with Crippen LogP contribution in [-0.2, 0) is 4.74 Å². The average molecular weight is 375 g/mol. The van der Waals surface area contributed by atoms with Crippen LogP contribution in [0, 0.1) is 0 Å². The number of nitrogens with one attached hydrogen (secondary N) is 1. The summed E-state index contributed by atoms with van der Waals surface area (Å²) in [6, 6.07) is 5.42. The predicted octanol–water partition coefficient (Wildman–Crippen LogP) is 3.51. The second-order valence-electron chi connectivity index (χ2n) is 6.02. The van der Waals surface area contributed by atoms with E-state index in [1.165, 1.54) is 0 Å². The fourth-order valence-electron chi connectivity index (χ4n) is 3.12. The van der Waals surface area contributed by atoms with Gasteiger partial charge in [-0.1, -0.05) is 17.7 Å². The molecule has 136 valence electrons. The van der Waals surface area contributed by atoms with E-state index in [0.29, 0.717) is 33.4 Å². The Morgan fingerprint density at radius 1 is 1.35 bits per heavy atom. The van der Waals surface area contributed by atoms with E-state index in [1.807, 2.05) is 16.7 Å². The van der Waals surface area contributed by atoms with Crippen molar-refractivity contribution in [2.75, 3.05) is 24.8 Å². The number of methoxy groups -OCH3 is 1. The zero-order valence-corrected chi connectivity index (χ0v) is 15.0. The van der Waals surface area contributed by atoms with E-state index >= 15 is 0 Å². The van der Waals surface area contributed by atoms with Gasteiger partial charge in [-0.2, -0.15) is 9.97 Å². The smallest absolute Gasteiger partial charge is 0.224 e. The molecule has 0 spiro atoms. The van der Waals surface area contributed by atoms with E-state index in [1.54, 1.807) is 19.5 Å². The monoisotopic (exact) mass is 374 g/mol. The number of hydrogen-bond acceptors (Lipinski definition) is 7. The molecule has 0 aliphatic carbocycles. The summed E-state index contributed by atoms with van der Waals surface area (Å²) in [4.78, 5) is 13.1. The van der Waals surface area contributed by atoms with Gasteiger partial charge in [-0.15, -0.1) is 0 Å². The highest BCUT2D eigenvalue weighted by Gasteiger charge is 2.21. The lowest BCUT2D eigenvalue weighted by Gasteiger charge is -2.23. The van der Waals surface area contributed by atoms with E-state index in [9.17, 15) is 0 Å². The van der Waals surface area contributed by atoms with E-state index in [4.69, 9.17) is 26.8 Å². The van der Waals surface area contributed by atoms with Crippen LogP contribution < -0.4 is 15.8 Å². The fraction of sp³-hybridized carbons (Fsp3) is 0.353. The minimum absolute atomic E-state index is 0.0865. The van der Waals surface area contributed by atoms with E-state index in [-0.39, 0.29) is 12.2 Å². The van der Waals surface area contributed by atoms with Gasteiger partial charge in [0, 0.05) is 6.61 Å². The van der Waals surface area contributed by atoms with Gasteiger partial charge in [-0.3, -0.25) is 4.57 Å². The average Bonchev–Trinajstić information content (AvgIpc) is 3.06. The van der Waals surface area contributed by atoms with Crippen molar-refractivity contribution in [3.05, 3.63) is 29.5 Å². The first-order chi connectivity index (χ1) is 12.7. The van der Waals surface area contributed by atoms with Gasteiger partial charge in [0.1, 0.15) is 6.23 Å². The fourth-order valence-corrected chi connectivity index (χ4v) is 3.37. The Bertz CT molecular complexity index is 938. The molecular formula is C17H19ClN6O2. The van der Waals surface area contributed by atoms with E-state index in [0.717, 1.165) is 25.9 Å². The Hall–Kier alpha value is -2.58. The van der Waals surface area contributed by atoms with Gasteiger partial charge < -0.3 is 20.5 Å². The molecule has 1 aromatic carbocycles. The van der Waals surface area contributed by atoms with Gasteiger partial charge in [-0.05, 0) is 31.4 Å². The number of nitrogens with zero attached hydrogens (tertiary/aromatic N) is 4. The topological polar surface area (TPSA) is 100 Å². The molecule has 0 saturated carbocycles. The third-order valence-corrected chi connectivity index (χ3v) is 4.63. The number of nitrogen functional groups attached to an aromatic ring is 1. The van der Waals surface area contributed by atoms with Crippen LogP contribution >= 0.6 is 11.6 Å². The van der Waals surface area contributed by atoms with Crippen LogP contribution in [0.25, 0.3) is 11.2 Å². The molecule has 1 aliphatic heterocycles. The molecular weight excluding hydrogens is 356 g/mol. The number of benzene rings is 1. The molecule has 4 rings (SSSR count). The maximum atomic E-state index is 6.19. The van der Waals surface area contributed by atoms with Crippen molar-refractivity contribution in [1.29, 1.82) is 0 Å². The lowest BCUT2D eigenvalue weighted by molar-refractivity contribution is -0.0298. The Kier molecular flexibility index (Phi) is 4.52. The van der Waals surface area contributed by atoms with Crippen molar-refractivity contribution in [2.24, 2.45) is 0 Å². The Labute approximate surface area is 155 Å². The summed E-state index contributed by atoms with van der Waals surface area (Å²) in [5, 5.41) is 3.70. The highest BCUT2D eigenvalue weighted by atomic mass is 35.5. The molecule has 0 amide bonds. The third kappa shape index (κ3) is 3.02. The van der Waals surface area contributed by atoms with Crippen LogP contribution in [0.4, 0.5) is 17.5 Å². The minimum atomic E-state index is -0.0865. The highest BCUT2D eigenvalue weighted by molar-refractivity contribution is 6.32. The van der Waals surface area contributed by atoms with Crippen molar-refractivity contribution in [1.82, 2.24) is 19.5 Å². The van der Waals surface area contributed by atoms with Gasteiger partial charge >= 0.3 is 0 Å². The van der Waals surface area contributed by atoms with Crippen LogP contribution in [0.1, 0.15) is 25.5 Å². The summed E-state index contributed by atoms with van der Waals surface area (Å²) >= 11 is 6.19. The number of fused-ring (bicyclic) bond motifs is 1. The standard InChI is InChI=1S/C17H19ClN6O2/c1-25-14-10(18)5-4-6-11(14)21-15-13-16(23-17(19)22-15)24(9-20-13)12-7-2-3-8-26-12/h4-6,9,12H,2-3,7-8H2,1H3,(H3,19,21,22,23). The molecule has 1 saturated heterocycles. The third-order valence-electron chi connectivity index (χ3n) is 4.33. The second kappa shape index (κ2) is 6.97. The molecule has 2 aromatic heterocycles. The Morgan fingerprint density at radius 2 is 2.23 bits per heavy atom. The quantitative estimate of drug-likeness (QED) is 0.720. The number of ether oxygens (including phenoxy) is 2. The van der Waals surface area contributed by atoms with Crippen molar-refractivity contribution >= 4 is 40.2 Å². The van der Waals surface area contributed by atoms with Gasteiger partial charge in [0.25, 0.3) is 0 Å². The number of rotatable bonds is 4. The zero-order chi connectivity index (χ0) is 18.1. The molecule has 3 N–H and O–H groups in total. The van der Waals surface area contributed by atoms with Gasteiger partial charge in [-0.25, -0.2) is 4.98 Å². The van der Waals surface area contributed by atoms with Crippen LogP contribution in [0.15, 0.2) is 24.5 Å². The molecule has 3 heterocycles. The number of halogens is 1. The predicted molar refractivity (Wildman–Crippen MR) is 99.9 cm³/mol. The summed E-state index contributed by atoms with van der Waals surface area (Å²) in [6.45, 7) is 0.732. The molecule has 1 fully saturated rings. The summed E-state index contributed by atoms with van der Waals surface area (Å²) in [7, 11) is 1.56. The lowest BCUT2D eigenvalue weighted by atomic mass is 10.2. The number of imidazole rings is 1. The highest BCUT2D eigenvalue weighted by Crippen LogP contribution is 2.36. The maximum Gasteiger partial charge on any atom is 0.224 e.